The molecule has 0 saturated heterocycles. The van der Waals surface area contributed by atoms with Gasteiger partial charge in [0.2, 0.25) is 0 Å². The normalized spacial score (nSPS) is 11.0. The summed E-state index contributed by atoms with van der Waals surface area (Å²) in [5.41, 5.74) is 7.32. The van der Waals surface area contributed by atoms with Crippen molar-refractivity contribution in [2.24, 2.45) is 0 Å². The molecule has 1 N–H and O–H groups in total. The average Bonchev–Trinajstić information content (AvgIpc) is 3.29. The summed E-state index contributed by atoms with van der Waals surface area (Å²) in [6.07, 6.45) is 17.7. The molecular formula is C56H76Na4O9. The number of aryl methyl sites for hydroxylation is 5. The minimum Gasteiger partial charge on any atom is -0.550 e. The summed E-state index contributed by atoms with van der Waals surface area (Å²) in [5.74, 6) is -5.67. The van der Waals surface area contributed by atoms with E-state index in [1.807, 2.05) is 66.7 Å². The summed E-state index contributed by atoms with van der Waals surface area (Å²) < 4.78 is 0. The third-order valence-electron chi connectivity index (χ3n) is 11.4. The van der Waals surface area contributed by atoms with Crippen molar-refractivity contribution in [3.8, 4) is 0 Å². The second-order valence-electron chi connectivity index (χ2n) is 17.4. The van der Waals surface area contributed by atoms with Gasteiger partial charge in [-0.05, 0) is 109 Å². The van der Waals surface area contributed by atoms with Crippen molar-refractivity contribution >= 4 is 23.9 Å². The first-order chi connectivity index (χ1) is 31.0. The Hall–Kier alpha value is -1.28. The Labute approximate surface area is 504 Å². The Morgan fingerprint density at radius 1 is 0.493 bits per heavy atom. The van der Waals surface area contributed by atoms with E-state index in [0.29, 0.717) is 12.0 Å². The summed E-state index contributed by atoms with van der Waals surface area (Å²) >= 11 is 0. The molecule has 0 aliphatic rings. The van der Waals surface area contributed by atoms with E-state index in [9.17, 15) is 39.6 Å². The van der Waals surface area contributed by atoms with Gasteiger partial charge in [0, 0.05) is 29.2 Å². The molecule has 4 aromatic carbocycles. The summed E-state index contributed by atoms with van der Waals surface area (Å²) in [4.78, 5) is 43.0. The maximum absolute atomic E-state index is 11.1. The number of aliphatic hydroxyl groups is 1. The van der Waals surface area contributed by atoms with Crippen molar-refractivity contribution in [3.05, 3.63) is 142 Å². The fourth-order valence-corrected chi connectivity index (χ4v) is 6.97. The summed E-state index contributed by atoms with van der Waals surface area (Å²) in [5, 5.41) is 52.0. The van der Waals surface area contributed by atoms with Crippen molar-refractivity contribution in [2.45, 2.75) is 175 Å². The zero-order valence-corrected chi connectivity index (χ0v) is 52.3. The molecule has 0 radical (unpaired) electrons. The Kier molecular flexibility index (Phi) is 47.6. The number of unbranched alkanes of at least 4 members (excludes halogenated alkanes) is 7. The molecule has 4 rings (SSSR count). The number of benzene rings is 4. The fraction of sp³-hybridized carbons (Fsp3) is 0.500. The molecule has 13 heteroatoms. The van der Waals surface area contributed by atoms with Gasteiger partial charge in [-0.2, -0.15) is 0 Å². The molecule has 0 heterocycles. The van der Waals surface area contributed by atoms with E-state index in [2.05, 4.69) is 52.0 Å². The van der Waals surface area contributed by atoms with Crippen LogP contribution in [0.1, 0.15) is 182 Å². The van der Waals surface area contributed by atoms with Crippen LogP contribution in [0, 0.1) is 0 Å². The molecule has 4 aromatic rings. The molecule has 2 unspecified atom stereocenters. The van der Waals surface area contributed by atoms with Crippen LogP contribution in [-0.4, -0.2) is 35.6 Å². The molecule has 0 aromatic heterocycles. The van der Waals surface area contributed by atoms with Gasteiger partial charge in [0.05, 0.1) is 18.5 Å². The third kappa shape index (κ3) is 32.5. The van der Waals surface area contributed by atoms with E-state index >= 15 is 0 Å². The van der Waals surface area contributed by atoms with Crippen LogP contribution in [0.2, 0.25) is 0 Å². The number of aliphatic hydroxyl groups excluding tert-OH is 1. The average molecular weight is 985 g/mol. The molecule has 0 aliphatic carbocycles. The number of carboxylic acid groups (broad SMARTS) is 4. The first-order valence-corrected chi connectivity index (χ1v) is 23.8. The fourth-order valence-electron chi connectivity index (χ4n) is 6.97. The molecule has 0 spiro atoms. The number of carbonyl (C=O) groups is 4. The molecule has 0 amide bonds. The minimum absolute atomic E-state index is 0. The van der Waals surface area contributed by atoms with Gasteiger partial charge in [-0.15, -0.1) is 0 Å². The van der Waals surface area contributed by atoms with Crippen LogP contribution in [0.3, 0.4) is 0 Å². The van der Waals surface area contributed by atoms with E-state index in [1.165, 1.54) is 68.1 Å². The first kappa shape index (κ1) is 74.2. The molecule has 69 heavy (non-hydrogen) atoms. The van der Waals surface area contributed by atoms with E-state index < -0.39 is 47.7 Å². The Bertz CT molecular complexity index is 1990. The van der Waals surface area contributed by atoms with Crippen molar-refractivity contribution in [3.63, 3.8) is 0 Å². The van der Waals surface area contributed by atoms with Crippen LogP contribution in [0.25, 0.3) is 0 Å². The van der Waals surface area contributed by atoms with Crippen LogP contribution in [0.15, 0.2) is 97.1 Å². The molecule has 0 aliphatic heterocycles. The third-order valence-corrected chi connectivity index (χ3v) is 11.4. The van der Waals surface area contributed by atoms with Gasteiger partial charge >= 0.3 is 118 Å². The van der Waals surface area contributed by atoms with Crippen LogP contribution in [0.5, 0.6) is 0 Å². The van der Waals surface area contributed by atoms with Crippen LogP contribution >= 0.6 is 0 Å². The second kappa shape index (κ2) is 44.2. The molecule has 2 atom stereocenters. The molecular weight excluding hydrogens is 909 g/mol. The van der Waals surface area contributed by atoms with Gasteiger partial charge < -0.3 is 44.7 Å². The standard InChI is InChI=1S/C15H22O2.C14H20O3.C14H20O2.C13H18O2.4Na/c1-4-5-6-8-12-9-7-10-13(11-12)15(2,3)14(16)17;1-2-3-4-6-11-7-5-8-12(9-11)13(10-15)14(16)17;1-3-4-5-7-12-8-6-9-13(10-12)11(2)14(15)16;1-2-3-5-11-6-4-7-12(10-11)8-9-13(14)15;;;;/h7,9-11H,4-6,8H2,1-3H3,(H,16,17);5,7-9,13,15H,2-4,6,10H2,1H3,(H,16,17);6,8-11H,3-5,7H2,1-2H3,(H,15,16);4,6-7,10H,2-3,5,8-9H2,1H3,(H,14,15);;;;/q;;;;4*+1/p-4. The van der Waals surface area contributed by atoms with Gasteiger partial charge in [0.15, 0.2) is 0 Å². The quantitative estimate of drug-likeness (QED) is 0.0508. The molecule has 9 nitrogen and oxygen atoms in total. The Balaban J connectivity index is -0.000000401. The van der Waals surface area contributed by atoms with Gasteiger partial charge in [0.25, 0.3) is 0 Å². The van der Waals surface area contributed by atoms with E-state index in [0.717, 1.165) is 67.2 Å². The zero-order valence-electron chi connectivity index (χ0n) is 44.3. The van der Waals surface area contributed by atoms with Crippen molar-refractivity contribution in [1.82, 2.24) is 0 Å². The monoisotopic (exact) mass is 985 g/mol. The summed E-state index contributed by atoms with van der Waals surface area (Å²) in [7, 11) is 0. The van der Waals surface area contributed by atoms with Crippen molar-refractivity contribution in [1.29, 1.82) is 0 Å². The number of hydrogen-bond acceptors (Lipinski definition) is 9. The van der Waals surface area contributed by atoms with E-state index in [4.69, 9.17) is 5.11 Å². The topological polar surface area (TPSA) is 181 Å². The maximum atomic E-state index is 11.1. The maximum Gasteiger partial charge on any atom is 1.00 e. The number of rotatable bonds is 25. The molecule has 0 saturated carbocycles. The zero-order chi connectivity index (χ0) is 48.6. The van der Waals surface area contributed by atoms with E-state index in [-0.39, 0.29) is 125 Å². The number of carbonyl (C=O) groups excluding carboxylic acids is 4. The minimum atomic E-state index is -1.22. The number of hydrogen-bond donors (Lipinski definition) is 1. The predicted octanol–water partition coefficient (Wildman–Crippen LogP) is -4.31. The van der Waals surface area contributed by atoms with Gasteiger partial charge in [0.1, 0.15) is 0 Å². The van der Waals surface area contributed by atoms with Crippen LogP contribution < -0.4 is 139 Å². The summed E-state index contributed by atoms with van der Waals surface area (Å²) in [6, 6.07) is 31.2. The summed E-state index contributed by atoms with van der Waals surface area (Å²) in [6.45, 7) is 13.3. The Morgan fingerprint density at radius 3 is 1.28 bits per heavy atom. The van der Waals surface area contributed by atoms with Crippen LogP contribution in [0.4, 0.5) is 0 Å². The Morgan fingerprint density at radius 2 is 0.870 bits per heavy atom. The number of aliphatic carboxylic acids is 4. The SMILES string of the molecule is CCCCCc1cccc(C(C)(C)C(=O)[O-])c1.CCCCCc1cccc(C(C)C(=O)[O-])c1.CCCCCc1cccc(C(CO)C(=O)[O-])c1.CCCCc1cccc(CCC(=O)[O-])c1.[Na+].[Na+].[Na+].[Na+]. The number of carboxylic acids is 4. The smallest absolute Gasteiger partial charge is 0.550 e. The second-order valence-corrected chi connectivity index (χ2v) is 17.4. The van der Waals surface area contributed by atoms with E-state index in [1.54, 1.807) is 26.8 Å². The van der Waals surface area contributed by atoms with Crippen LogP contribution in [-0.2, 0) is 56.7 Å². The molecule has 358 valence electrons. The van der Waals surface area contributed by atoms with Gasteiger partial charge in [-0.3, -0.25) is 0 Å². The van der Waals surface area contributed by atoms with Crippen molar-refractivity contribution in [2.75, 3.05) is 6.61 Å². The van der Waals surface area contributed by atoms with Crippen molar-refractivity contribution < 1.29 is 163 Å². The van der Waals surface area contributed by atoms with Gasteiger partial charge in [-0.25, -0.2) is 0 Å². The molecule has 0 fully saturated rings. The first-order valence-electron chi connectivity index (χ1n) is 23.8. The molecule has 0 bridgehead atoms. The van der Waals surface area contributed by atoms with Gasteiger partial charge in [-0.1, -0.05) is 190 Å². The largest absolute Gasteiger partial charge is 1.00 e. The predicted molar refractivity (Wildman–Crippen MR) is 254 cm³/mol.